The Morgan fingerprint density at radius 2 is 1.97 bits per heavy atom. The SMILES string of the molecule is C#Cc1cccc(NC(=O)CN(C)CC(=O)N(CCC#N)c2ccc(Cl)c(C)c2)c1. The lowest BCUT2D eigenvalue weighted by Gasteiger charge is -2.25. The van der Waals surface area contributed by atoms with E-state index in [4.69, 9.17) is 23.3 Å². The Labute approximate surface area is 182 Å². The topological polar surface area (TPSA) is 76.4 Å². The first-order chi connectivity index (χ1) is 14.3. The van der Waals surface area contributed by atoms with Crippen molar-refractivity contribution in [3.05, 3.63) is 58.6 Å². The van der Waals surface area contributed by atoms with Crippen LogP contribution in [-0.4, -0.2) is 43.4 Å². The predicted molar refractivity (Wildman–Crippen MR) is 119 cm³/mol. The fourth-order valence-corrected chi connectivity index (χ4v) is 2.98. The highest BCUT2D eigenvalue weighted by Crippen LogP contribution is 2.23. The molecule has 0 radical (unpaired) electrons. The maximum absolute atomic E-state index is 12.9. The molecule has 154 valence electrons. The van der Waals surface area contributed by atoms with Gasteiger partial charge < -0.3 is 10.2 Å². The largest absolute Gasteiger partial charge is 0.325 e. The van der Waals surface area contributed by atoms with Gasteiger partial charge in [0, 0.05) is 28.5 Å². The first-order valence-corrected chi connectivity index (χ1v) is 9.70. The van der Waals surface area contributed by atoms with Crippen LogP contribution in [0.1, 0.15) is 17.5 Å². The van der Waals surface area contributed by atoms with E-state index in [1.165, 1.54) is 4.90 Å². The number of benzene rings is 2. The number of halogens is 1. The number of anilines is 2. The van der Waals surface area contributed by atoms with Crippen LogP contribution in [0.4, 0.5) is 11.4 Å². The number of carbonyl (C=O) groups excluding carboxylic acids is 2. The molecule has 2 amide bonds. The molecule has 0 fully saturated rings. The Bertz CT molecular complexity index is 1010. The van der Waals surface area contributed by atoms with Gasteiger partial charge in [0.05, 0.1) is 25.6 Å². The second kappa shape index (κ2) is 11.0. The average Bonchev–Trinajstić information content (AvgIpc) is 2.70. The highest BCUT2D eigenvalue weighted by atomic mass is 35.5. The van der Waals surface area contributed by atoms with Gasteiger partial charge >= 0.3 is 0 Å². The van der Waals surface area contributed by atoms with Crippen LogP contribution in [0, 0.1) is 30.6 Å². The van der Waals surface area contributed by atoms with Crippen molar-refractivity contribution in [2.45, 2.75) is 13.3 Å². The molecule has 0 aliphatic rings. The zero-order chi connectivity index (χ0) is 22.1. The highest BCUT2D eigenvalue weighted by Gasteiger charge is 2.19. The summed E-state index contributed by atoms with van der Waals surface area (Å²) in [4.78, 5) is 28.3. The normalized spacial score (nSPS) is 10.2. The number of hydrogen-bond donors (Lipinski definition) is 1. The molecule has 0 saturated heterocycles. The van der Waals surface area contributed by atoms with Crippen LogP contribution >= 0.6 is 11.6 Å². The number of nitriles is 1. The lowest BCUT2D eigenvalue weighted by molar-refractivity contribution is -0.121. The molecule has 0 saturated carbocycles. The van der Waals surface area contributed by atoms with Gasteiger partial charge in [0.25, 0.3) is 0 Å². The Morgan fingerprint density at radius 3 is 2.63 bits per heavy atom. The number of carbonyl (C=O) groups is 2. The van der Waals surface area contributed by atoms with E-state index in [1.54, 1.807) is 48.3 Å². The molecule has 0 heterocycles. The van der Waals surface area contributed by atoms with Crippen molar-refractivity contribution in [3.63, 3.8) is 0 Å². The summed E-state index contributed by atoms with van der Waals surface area (Å²) in [6.07, 6.45) is 5.57. The summed E-state index contributed by atoms with van der Waals surface area (Å²) in [5.74, 6) is 2.05. The molecule has 0 atom stereocenters. The number of amides is 2. The van der Waals surface area contributed by atoms with Gasteiger partial charge in [-0.2, -0.15) is 5.26 Å². The highest BCUT2D eigenvalue weighted by molar-refractivity contribution is 6.31. The standard InChI is InChI=1S/C23H23ClN4O2/c1-4-18-7-5-8-19(14-18)26-22(29)15-27(3)16-23(30)28(12-6-11-25)20-9-10-21(24)17(2)13-20/h1,5,7-10,13-14H,6,12,15-16H2,2-3H3,(H,26,29). The predicted octanol–water partition coefficient (Wildman–Crippen LogP) is 3.45. The molecule has 2 rings (SSSR count). The van der Waals surface area contributed by atoms with Crippen molar-refractivity contribution in [2.24, 2.45) is 0 Å². The smallest absolute Gasteiger partial charge is 0.241 e. The number of rotatable bonds is 8. The van der Waals surface area contributed by atoms with Gasteiger partial charge in [-0.25, -0.2) is 0 Å². The fourth-order valence-electron chi connectivity index (χ4n) is 2.86. The fraction of sp³-hybridized carbons (Fsp3) is 0.261. The summed E-state index contributed by atoms with van der Waals surface area (Å²) in [5.41, 5.74) is 2.78. The van der Waals surface area contributed by atoms with E-state index in [9.17, 15) is 9.59 Å². The number of nitrogens with zero attached hydrogens (tertiary/aromatic N) is 3. The quantitative estimate of drug-likeness (QED) is 0.661. The summed E-state index contributed by atoms with van der Waals surface area (Å²) in [5, 5.41) is 12.3. The number of nitrogens with one attached hydrogen (secondary N) is 1. The summed E-state index contributed by atoms with van der Waals surface area (Å²) in [6.45, 7) is 2.16. The van der Waals surface area contributed by atoms with Gasteiger partial charge in [-0.1, -0.05) is 23.6 Å². The summed E-state index contributed by atoms with van der Waals surface area (Å²) >= 11 is 6.08. The second-order valence-corrected chi connectivity index (χ2v) is 7.24. The molecule has 2 aromatic carbocycles. The molecule has 2 aromatic rings. The third kappa shape index (κ3) is 6.63. The van der Waals surface area contributed by atoms with Gasteiger partial charge in [0.15, 0.2) is 0 Å². The molecule has 7 heteroatoms. The lowest BCUT2D eigenvalue weighted by Crippen LogP contribution is -2.42. The van der Waals surface area contributed by atoms with E-state index >= 15 is 0 Å². The Morgan fingerprint density at radius 1 is 1.20 bits per heavy atom. The summed E-state index contributed by atoms with van der Waals surface area (Å²) < 4.78 is 0. The van der Waals surface area contributed by atoms with Crippen LogP contribution < -0.4 is 10.2 Å². The molecule has 0 aliphatic carbocycles. The van der Waals surface area contributed by atoms with Crippen molar-refractivity contribution < 1.29 is 9.59 Å². The number of aryl methyl sites for hydroxylation is 1. The number of hydrogen-bond acceptors (Lipinski definition) is 4. The molecule has 0 aliphatic heterocycles. The van der Waals surface area contributed by atoms with E-state index in [1.807, 2.05) is 13.0 Å². The van der Waals surface area contributed by atoms with Gasteiger partial charge in [-0.3, -0.25) is 14.5 Å². The van der Waals surface area contributed by atoms with E-state index < -0.39 is 0 Å². The van der Waals surface area contributed by atoms with Crippen LogP contribution in [0.25, 0.3) is 0 Å². The molecule has 0 bridgehead atoms. The molecular formula is C23H23ClN4O2. The van der Waals surface area contributed by atoms with Gasteiger partial charge in [0.1, 0.15) is 0 Å². The summed E-state index contributed by atoms with van der Waals surface area (Å²) in [6, 6.07) is 14.3. The van der Waals surface area contributed by atoms with Crippen molar-refractivity contribution in [3.8, 4) is 18.4 Å². The minimum atomic E-state index is -0.259. The van der Waals surface area contributed by atoms with Crippen molar-refractivity contribution in [2.75, 3.05) is 36.9 Å². The molecule has 1 N–H and O–H groups in total. The van der Waals surface area contributed by atoms with Crippen molar-refractivity contribution >= 4 is 34.8 Å². The van der Waals surface area contributed by atoms with Gasteiger partial charge in [0.2, 0.25) is 11.8 Å². The first kappa shape index (κ1) is 23.0. The number of terminal acetylenes is 1. The maximum atomic E-state index is 12.9. The molecule has 30 heavy (non-hydrogen) atoms. The Hall–Kier alpha value is -3.32. The zero-order valence-electron chi connectivity index (χ0n) is 17.0. The minimum absolute atomic E-state index is 0.0188. The monoisotopic (exact) mass is 422 g/mol. The zero-order valence-corrected chi connectivity index (χ0v) is 17.7. The minimum Gasteiger partial charge on any atom is -0.325 e. The van der Waals surface area contributed by atoms with E-state index in [-0.39, 0.29) is 37.9 Å². The number of likely N-dealkylation sites (N-methyl/N-ethyl adjacent to an activating group) is 1. The van der Waals surface area contributed by atoms with E-state index in [2.05, 4.69) is 17.3 Å². The van der Waals surface area contributed by atoms with E-state index in [0.717, 1.165) is 5.56 Å². The van der Waals surface area contributed by atoms with Crippen LogP contribution in [0.5, 0.6) is 0 Å². The Kier molecular flexibility index (Phi) is 8.43. The lowest BCUT2D eigenvalue weighted by atomic mass is 10.2. The molecule has 0 spiro atoms. The Balaban J connectivity index is 2.01. The van der Waals surface area contributed by atoms with Crippen LogP contribution in [0.15, 0.2) is 42.5 Å². The molecule has 0 aromatic heterocycles. The van der Waals surface area contributed by atoms with Gasteiger partial charge in [-0.05, 0) is 55.9 Å². The summed E-state index contributed by atoms with van der Waals surface area (Å²) in [7, 11) is 1.69. The van der Waals surface area contributed by atoms with Crippen molar-refractivity contribution in [1.82, 2.24) is 4.90 Å². The second-order valence-electron chi connectivity index (χ2n) is 6.83. The van der Waals surface area contributed by atoms with E-state index in [0.29, 0.717) is 22.0 Å². The third-order valence-corrected chi connectivity index (χ3v) is 4.76. The first-order valence-electron chi connectivity index (χ1n) is 9.32. The molecular weight excluding hydrogens is 400 g/mol. The van der Waals surface area contributed by atoms with Crippen LogP contribution in [0.2, 0.25) is 5.02 Å². The third-order valence-electron chi connectivity index (χ3n) is 4.33. The van der Waals surface area contributed by atoms with Crippen molar-refractivity contribution in [1.29, 1.82) is 5.26 Å². The average molecular weight is 423 g/mol. The maximum Gasteiger partial charge on any atom is 0.241 e. The molecule has 6 nitrogen and oxygen atoms in total. The van der Waals surface area contributed by atoms with Crippen LogP contribution in [-0.2, 0) is 9.59 Å². The van der Waals surface area contributed by atoms with Crippen LogP contribution in [0.3, 0.4) is 0 Å². The molecule has 0 unspecified atom stereocenters. The van der Waals surface area contributed by atoms with Gasteiger partial charge in [-0.15, -0.1) is 6.42 Å².